The number of unbranched alkanes of at least 4 members (excludes halogenated alkanes) is 1. The topological polar surface area (TPSA) is 86.8 Å². The first kappa shape index (κ1) is 32.2. The number of hydrogen-bond acceptors (Lipinski definition) is 4. The minimum atomic E-state index is -4.15. The van der Waals surface area contributed by atoms with Crippen LogP contribution in [0.5, 0.6) is 0 Å². The molecule has 3 aromatic carbocycles. The van der Waals surface area contributed by atoms with E-state index >= 15 is 0 Å². The first-order chi connectivity index (χ1) is 19.5. The van der Waals surface area contributed by atoms with E-state index in [0.29, 0.717) is 23.7 Å². The molecule has 0 aliphatic heterocycles. The van der Waals surface area contributed by atoms with Crippen LogP contribution < -0.4 is 9.62 Å². The quantitative estimate of drug-likeness (QED) is 0.238. The van der Waals surface area contributed by atoms with E-state index in [1.165, 1.54) is 29.2 Å². The summed E-state index contributed by atoms with van der Waals surface area (Å²) in [7, 11) is -4.15. The van der Waals surface area contributed by atoms with Crippen LogP contribution in [0.2, 0.25) is 5.02 Å². The predicted molar refractivity (Wildman–Crippen MR) is 166 cm³/mol. The second-order valence-corrected chi connectivity index (χ2v) is 12.6. The fraction of sp³-hybridized carbons (Fsp3) is 0.375. The Bertz CT molecular complexity index is 1460. The van der Waals surface area contributed by atoms with Gasteiger partial charge in [0.15, 0.2) is 0 Å². The van der Waals surface area contributed by atoms with Crippen LogP contribution in [0.3, 0.4) is 0 Å². The Balaban J connectivity index is 2.06. The van der Waals surface area contributed by atoms with E-state index in [4.69, 9.17) is 11.6 Å². The van der Waals surface area contributed by atoms with Crippen molar-refractivity contribution in [2.75, 3.05) is 17.4 Å². The molecule has 7 nitrogen and oxygen atoms in total. The maximum atomic E-state index is 14.2. The second kappa shape index (κ2) is 14.5. The van der Waals surface area contributed by atoms with Gasteiger partial charge in [-0.1, -0.05) is 67.8 Å². The first-order valence-corrected chi connectivity index (χ1v) is 15.8. The van der Waals surface area contributed by atoms with E-state index in [1.54, 1.807) is 12.1 Å². The zero-order valence-corrected chi connectivity index (χ0v) is 26.1. The third-order valence-corrected chi connectivity index (χ3v) is 9.15. The number of benzene rings is 3. The molecule has 1 N–H and O–H groups in total. The molecule has 3 aromatic rings. The smallest absolute Gasteiger partial charge is 0.264 e. The van der Waals surface area contributed by atoms with Crippen LogP contribution in [-0.4, -0.2) is 44.3 Å². The van der Waals surface area contributed by atoms with Crippen molar-refractivity contribution in [1.29, 1.82) is 0 Å². The normalized spacial score (nSPS) is 12.0. The highest BCUT2D eigenvalue weighted by atomic mass is 35.5. The lowest BCUT2D eigenvalue weighted by Crippen LogP contribution is -2.52. The summed E-state index contributed by atoms with van der Waals surface area (Å²) in [6.45, 7) is 9.90. The monoisotopic (exact) mass is 597 g/mol. The summed E-state index contributed by atoms with van der Waals surface area (Å²) >= 11 is 6.03. The van der Waals surface area contributed by atoms with Gasteiger partial charge < -0.3 is 10.2 Å². The van der Waals surface area contributed by atoms with E-state index in [-0.39, 0.29) is 17.3 Å². The molecule has 0 heterocycles. The molecule has 0 fully saturated rings. The molecule has 0 radical (unpaired) electrons. The van der Waals surface area contributed by atoms with E-state index in [1.807, 2.05) is 65.0 Å². The van der Waals surface area contributed by atoms with E-state index in [9.17, 15) is 18.0 Å². The molecule has 0 aromatic heterocycles. The van der Waals surface area contributed by atoms with Gasteiger partial charge in [0.1, 0.15) is 12.6 Å². The number of anilines is 1. The number of sulfonamides is 1. The van der Waals surface area contributed by atoms with Gasteiger partial charge in [-0.05, 0) is 86.7 Å². The van der Waals surface area contributed by atoms with Crippen molar-refractivity contribution < 1.29 is 18.0 Å². The number of amides is 2. The molecule has 0 saturated carbocycles. The van der Waals surface area contributed by atoms with Crippen LogP contribution in [0.1, 0.15) is 55.4 Å². The van der Waals surface area contributed by atoms with Gasteiger partial charge in [0.2, 0.25) is 11.8 Å². The summed E-state index contributed by atoms with van der Waals surface area (Å²) in [4.78, 5) is 29.0. The minimum absolute atomic E-state index is 0.0162. The summed E-state index contributed by atoms with van der Waals surface area (Å²) in [6, 6.07) is 18.1. The number of aryl methyl sites for hydroxylation is 3. The zero-order valence-electron chi connectivity index (χ0n) is 24.5. The van der Waals surface area contributed by atoms with E-state index in [0.717, 1.165) is 39.4 Å². The first-order valence-electron chi connectivity index (χ1n) is 14.0. The van der Waals surface area contributed by atoms with Gasteiger partial charge in [-0.25, -0.2) is 8.42 Å². The molecule has 1 atom stereocenters. The Labute approximate surface area is 249 Å². The molecule has 220 valence electrons. The highest BCUT2D eigenvalue weighted by molar-refractivity contribution is 7.92. The molecule has 0 spiro atoms. The van der Waals surface area contributed by atoms with Gasteiger partial charge >= 0.3 is 0 Å². The SMILES string of the molecule is CCCCNC(=O)C(CC)N(Cc1cccc(C)c1)C(=O)CN(c1ccc(C)c(C)c1)S(=O)(=O)c1ccc(Cl)cc1. The van der Waals surface area contributed by atoms with Gasteiger partial charge in [0.05, 0.1) is 10.6 Å². The summed E-state index contributed by atoms with van der Waals surface area (Å²) in [6.07, 6.45) is 2.13. The molecule has 0 aliphatic carbocycles. The Morgan fingerprint density at radius 3 is 2.24 bits per heavy atom. The van der Waals surface area contributed by atoms with Crippen molar-refractivity contribution >= 4 is 39.1 Å². The average molecular weight is 598 g/mol. The molecule has 0 aliphatic rings. The number of nitrogens with zero attached hydrogens (tertiary/aromatic N) is 2. The minimum Gasteiger partial charge on any atom is -0.354 e. The fourth-order valence-corrected chi connectivity index (χ4v) is 6.11. The summed E-state index contributed by atoms with van der Waals surface area (Å²) < 4.78 is 29.1. The van der Waals surface area contributed by atoms with Crippen LogP contribution in [-0.2, 0) is 26.2 Å². The van der Waals surface area contributed by atoms with Crippen molar-refractivity contribution in [3.05, 3.63) is 94.0 Å². The van der Waals surface area contributed by atoms with Crippen molar-refractivity contribution in [3.8, 4) is 0 Å². The number of carbonyl (C=O) groups is 2. The highest BCUT2D eigenvalue weighted by Crippen LogP contribution is 2.27. The van der Waals surface area contributed by atoms with Gasteiger partial charge in [0, 0.05) is 18.1 Å². The zero-order chi connectivity index (χ0) is 30.2. The lowest BCUT2D eigenvalue weighted by Gasteiger charge is -2.33. The number of halogens is 1. The van der Waals surface area contributed by atoms with Gasteiger partial charge in [0.25, 0.3) is 10.0 Å². The lowest BCUT2D eigenvalue weighted by atomic mass is 10.1. The third-order valence-electron chi connectivity index (χ3n) is 7.11. The van der Waals surface area contributed by atoms with Gasteiger partial charge in [-0.15, -0.1) is 0 Å². The molecular formula is C32H40ClN3O4S. The highest BCUT2D eigenvalue weighted by Gasteiger charge is 2.33. The van der Waals surface area contributed by atoms with E-state index in [2.05, 4.69) is 5.32 Å². The van der Waals surface area contributed by atoms with Crippen molar-refractivity contribution in [3.63, 3.8) is 0 Å². The summed E-state index contributed by atoms with van der Waals surface area (Å²) in [5.74, 6) is -0.722. The number of hydrogen-bond donors (Lipinski definition) is 1. The number of nitrogens with one attached hydrogen (secondary N) is 1. The molecule has 0 saturated heterocycles. The predicted octanol–water partition coefficient (Wildman–Crippen LogP) is 6.18. The average Bonchev–Trinajstić information content (AvgIpc) is 2.93. The van der Waals surface area contributed by atoms with Gasteiger partial charge in [-0.2, -0.15) is 0 Å². The van der Waals surface area contributed by atoms with E-state index < -0.39 is 28.5 Å². The van der Waals surface area contributed by atoms with Crippen molar-refractivity contribution in [2.24, 2.45) is 0 Å². The Hall–Kier alpha value is -3.36. The summed E-state index contributed by atoms with van der Waals surface area (Å²) in [5.41, 5.74) is 4.14. The lowest BCUT2D eigenvalue weighted by molar-refractivity contribution is -0.140. The van der Waals surface area contributed by atoms with Gasteiger partial charge in [-0.3, -0.25) is 13.9 Å². The number of rotatable bonds is 13. The van der Waals surface area contributed by atoms with Crippen LogP contribution in [0.15, 0.2) is 71.6 Å². The van der Waals surface area contributed by atoms with Crippen LogP contribution in [0, 0.1) is 20.8 Å². The largest absolute Gasteiger partial charge is 0.354 e. The maximum absolute atomic E-state index is 14.2. The van der Waals surface area contributed by atoms with Crippen LogP contribution in [0.4, 0.5) is 5.69 Å². The molecule has 2 amide bonds. The fourth-order valence-electron chi connectivity index (χ4n) is 4.58. The molecule has 0 bridgehead atoms. The molecule has 3 rings (SSSR count). The summed E-state index contributed by atoms with van der Waals surface area (Å²) in [5, 5.41) is 3.35. The third kappa shape index (κ3) is 8.33. The van der Waals surface area contributed by atoms with Crippen molar-refractivity contribution in [2.45, 2.75) is 71.4 Å². The molecule has 1 unspecified atom stereocenters. The maximum Gasteiger partial charge on any atom is 0.264 e. The second-order valence-electron chi connectivity index (χ2n) is 10.3. The van der Waals surface area contributed by atoms with Crippen molar-refractivity contribution in [1.82, 2.24) is 10.2 Å². The van der Waals surface area contributed by atoms with Crippen LogP contribution in [0.25, 0.3) is 0 Å². The standard InChI is InChI=1S/C32H40ClN3O4S/c1-6-8-18-34-32(38)30(7-2)35(21-26-11-9-10-23(3)19-26)31(37)22-36(28-15-12-24(4)25(5)20-28)41(39,40)29-16-13-27(33)14-17-29/h9-17,19-20,30H,6-8,18,21-22H2,1-5H3,(H,34,38). The Kier molecular flexibility index (Phi) is 11.4. The Morgan fingerprint density at radius 2 is 1.63 bits per heavy atom. The number of carbonyl (C=O) groups excluding carboxylic acids is 2. The molecule has 41 heavy (non-hydrogen) atoms. The van der Waals surface area contributed by atoms with Crippen LogP contribution >= 0.6 is 11.6 Å². The molecular weight excluding hydrogens is 558 g/mol. The molecule has 9 heteroatoms. The Morgan fingerprint density at radius 1 is 0.927 bits per heavy atom.